The van der Waals surface area contributed by atoms with Gasteiger partial charge in [-0.1, -0.05) is 12.5 Å². The average Bonchev–Trinajstić information content (AvgIpc) is 3.09. The van der Waals surface area contributed by atoms with E-state index in [1.54, 1.807) is 0 Å². The van der Waals surface area contributed by atoms with Crippen molar-refractivity contribution in [3.05, 3.63) is 29.6 Å². The fourth-order valence-corrected chi connectivity index (χ4v) is 3.25. The number of aromatic nitrogens is 2. The van der Waals surface area contributed by atoms with Crippen LogP contribution in [0.5, 0.6) is 0 Å². The van der Waals surface area contributed by atoms with Crippen LogP contribution in [0, 0.1) is 0 Å². The monoisotopic (exact) mass is 303 g/mol. The second kappa shape index (κ2) is 7.09. The Morgan fingerprint density at radius 3 is 3.18 bits per heavy atom. The van der Waals surface area contributed by atoms with Gasteiger partial charge in [0.15, 0.2) is 0 Å². The van der Waals surface area contributed by atoms with Gasteiger partial charge in [-0.05, 0) is 39.0 Å². The number of nitrogens with zero attached hydrogens (tertiary/aromatic N) is 2. The molecule has 0 unspecified atom stereocenters. The number of ether oxygens (including phenoxy) is 1. The summed E-state index contributed by atoms with van der Waals surface area (Å²) in [6.07, 6.45) is 12.2. The summed E-state index contributed by atoms with van der Waals surface area (Å²) in [7, 11) is 0. The molecule has 120 valence electrons. The van der Waals surface area contributed by atoms with E-state index in [2.05, 4.69) is 23.4 Å². The molecule has 1 saturated heterocycles. The SMILES string of the molecule is CCn1cc([C@H]2OCC[C@@H]2NC(=O)C2=CCCCCC2)cn1. The average molecular weight is 303 g/mol. The van der Waals surface area contributed by atoms with Gasteiger partial charge in [0.1, 0.15) is 6.10 Å². The van der Waals surface area contributed by atoms with Crippen molar-refractivity contribution in [2.24, 2.45) is 0 Å². The van der Waals surface area contributed by atoms with Crippen LogP contribution in [0.1, 0.15) is 57.1 Å². The predicted molar refractivity (Wildman–Crippen MR) is 84.3 cm³/mol. The van der Waals surface area contributed by atoms with Crippen LogP contribution in [0.3, 0.4) is 0 Å². The van der Waals surface area contributed by atoms with E-state index >= 15 is 0 Å². The van der Waals surface area contributed by atoms with Gasteiger partial charge in [0.2, 0.25) is 5.91 Å². The van der Waals surface area contributed by atoms with Crippen LogP contribution in [0.15, 0.2) is 24.0 Å². The van der Waals surface area contributed by atoms with Gasteiger partial charge in [-0.15, -0.1) is 0 Å². The maximum absolute atomic E-state index is 12.5. The Labute approximate surface area is 131 Å². The van der Waals surface area contributed by atoms with Gasteiger partial charge >= 0.3 is 0 Å². The molecule has 2 heterocycles. The highest BCUT2D eigenvalue weighted by atomic mass is 16.5. The van der Waals surface area contributed by atoms with Crippen LogP contribution in [0.4, 0.5) is 0 Å². The molecule has 1 amide bonds. The van der Waals surface area contributed by atoms with E-state index in [1.165, 1.54) is 12.8 Å². The van der Waals surface area contributed by atoms with Crippen molar-refractivity contribution in [1.82, 2.24) is 15.1 Å². The zero-order valence-corrected chi connectivity index (χ0v) is 13.3. The molecule has 2 atom stereocenters. The van der Waals surface area contributed by atoms with Crippen LogP contribution in [0.25, 0.3) is 0 Å². The minimum atomic E-state index is -0.0735. The lowest BCUT2D eigenvalue weighted by atomic mass is 10.0. The number of carbonyl (C=O) groups excluding carboxylic acids is 1. The highest BCUT2D eigenvalue weighted by molar-refractivity contribution is 5.93. The minimum absolute atomic E-state index is 0.0474. The second-order valence-corrected chi connectivity index (χ2v) is 6.12. The van der Waals surface area contributed by atoms with Crippen LogP contribution in [-0.4, -0.2) is 28.3 Å². The molecule has 0 spiro atoms. The summed E-state index contributed by atoms with van der Waals surface area (Å²) in [4.78, 5) is 12.5. The van der Waals surface area contributed by atoms with Crippen LogP contribution in [-0.2, 0) is 16.1 Å². The number of amides is 1. The number of rotatable bonds is 4. The summed E-state index contributed by atoms with van der Waals surface area (Å²) >= 11 is 0. The highest BCUT2D eigenvalue weighted by Gasteiger charge is 2.32. The van der Waals surface area contributed by atoms with Crippen molar-refractivity contribution in [2.75, 3.05) is 6.61 Å². The van der Waals surface area contributed by atoms with Crippen molar-refractivity contribution >= 4 is 5.91 Å². The molecule has 5 nitrogen and oxygen atoms in total. The molecule has 1 fully saturated rings. The highest BCUT2D eigenvalue weighted by Crippen LogP contribution is 2.29. The standard InChI is InChI=1S/C17H25N3O2/c1-2-20-12-14(11-18-20)16-15(9-10-22-16)19-17(21)13-7-5-3-4-6-8-13/h7,11-12,15-16H,2-6,8-10H2,1H3,(H,19,21)/t15-,16+/m0/s1. The summed E-state index contributed by atoms with van der Waals surface area (Å²) in [5.41, 5.74) is 2.01. The molecule has 22 heavy (non-hydrogen) atoms. The van der Waals surface area contributed by atoms with Gasteiger partial charge in [0, 0.05) is 30.5 Å². The Balaban J connectivity index is 1.65. The Bertz CT molecular complexity index is 550. The fraction of sp³-hybridized carbons (Fsp3) is 0.647. The van der Waals surface area contributed by atoms with E-state index in [-0.39, 0.29) is 18.1 Å². The summed E-state index contributed by atoms with van der Waals surface area (Å²) < 4.78 is 7.73. The van der Waals surface area contributed by atoms with E-state index in [9.17, 15) is 4.79 Å². The van der Waals surface area contributed by atoms with Crippen LogP contribution >= 0.6 is 0 Å². The van der Waals surface area contributed by atoms with E-state index in [0.717, 1.165) is 43.4 Å². The first-order chi connectivity index (χ1) is 10.8. The number of allylic oxidation sites excluding steroid dienone is 1. The summed E-state index contributed by atoms with van der Waals surface area (Å²) in [5.74, 6) is 0.0882. The molecule has 2 aliphatic rings. The normalized spacial score (nSPS) is 25.6. The third-order valence-corrected chi connectivity index (χ3v) is 4.55. The summed E-state index contributed by atoms with van der Waals surface area (Å²) in [6.45, 7) is 3.59. The molecule has 0 aromatic carbocycles. The van der Waals surface area contributed by atoms with Gasteiger partial charge in [0.25, 0.3) is 0 Å². The van der Waals surface area contributed by atoms with Crippen LogP contribution < -0.4 is 5.32 Å². The maximum atomic E-state index is 12.5. The minimum Gasteiger partial charge on any atom is -0.371 e. The largest absolute Gasteiger partial charge is 0.371 e. The Hall–Kier alpha value is -1.62. The molecule has 0 bridgehead atoms. The lowest BCUT2D eigenvalue weighted by Crippen LogP contribution is -2.37. The molecular formula is C17H25N3O2. The van der Waals surface area contributed by atoms with Gasteiger partial charge < -0.3 is 10.1 Å². The van der Waals surface area contributed by atoms with Gasteiger partial charge in [-0.25, -0.2) is 0 Å². The van der Waals surface area contributed by atoms with Gasteiger partial charge in [0.05, 0.1) is 12.2 Å². The van der Waals surface area contributed by atoms with E-state index < -0.39 is 0 Å². The van der Waals surface area contributed by atoms with Crippen molar-refractivity contribution in [3.63, 3.8) is 0 Å². The van der Waals surface area contributed by atoms with E-state index in [1.807, 2.05) is 17.1 Å². The second-order valence-electron chi connectivity index (χ2n) is 6.12. The van der Waals surface area contributed by atoms with Gasteiger partial charge in [-0.3, -0.25) is 9.48 Å². The number of nitrogens with one attached hydrogen (secondary N) is 1. The molecule has 0 saturated carbocycles. The first-order valence-electron chi connectivity index (χ1n) is 8.41. The fourth-order valence-electron chi connectivity index (χ4n) is 3.25. The number of hydrogen-bond donors (Lipinski definition) is 1. The zero-order chi connectivity index (χ0) is 15.4. The third-order valence-electron chi connectivity index (χ3n) is 4.55. The third kappa shape index (κ3) is 3.40. The zero-order valence-electron chi connectivity index (χ0n) is 13.3. The first-order valence-corrected chi connectivity index (χ1v) is 8.41. The Morgan fingerprint density at radius 1 is 1.45 bits per heavy atom. The topological polar surface area (TPSA) is 56.1 Å². The molecule has 1 aliphatic carbocycles. The summed E-state index contributed by atoms with van der Waals surface area (Å²) in [5, 5.41) is 7.49. The lowest BCUT2D eigenvalue weighted by Gasteiger charge is -2.19. The predicted octanol–water partition coefficient (Wildman–Crippen LogP) is 2.74. The molecule has 1 N–H and O–H groups in total. The Kier molecular flexibility index (Phi) is 4.93. The van der Waals surface area contributed by atoms with Crippen molar-refractivity contribution in [1.29, 1.82) is 0 Å². The van der Waals surface area contributed by atoms with E-state index in [0.29, 0.717) is 6.61 Å². The van der Waals surface area contributed by atoms with Gasteiger partial charge in [-0.2, -0.15) is 5.10 Å². The van der Waals surface area contributed by atoms with Crippen LogP contribution in [0.2, 0.25) is 0 Å². The maximum Gasteiger partial charge on any atom is 0.247 e. The smallest absolute Gasteiger partial charge is 0.247 e. The van der Waals surface area contributed by atoms with Crippen molar-refractivity contribution in [3.8, 4) is 0 Å². The molecule has 1 aromatic rings. The molecule has 5 heteroatoms. The molecule has 3 rings (SSSR count). The van der Waals surface area contributed by atoms with E-state index in [4.69, 9.17) is 4.74 Å². The first kappa shape index (κ1) is 15.3. The Morgan fingerprint density at radius 2 is 2.36 bits per heavy atom. The summed E-state index contributed by atoms with van der Waals surface area (Å²) in [6, 6.07) is 0.0474. The molecular weight excluding hydrogens is 278 g/mol. The quantitative estimate of drug-likeness (QED) is 0.930. The number of carbonyl (C=O) groups is 1. The number of hydrogen-bond acceptors (Lipinski definition) is 3. The lowest BCUT2D eigenvalue weighted by molar-refractivity contribution is -0.118. The van der Waals surface area contributed by atoms with Crippen molar-refractivity contribution < 1.29 is 9.53 Å². The number of aryl methyl sites for hydroxylation is 1. The molecule has 1 aliphatic heterocycles. The molecule has 1 aromatic heterocycles. The molecule has 0 radical (unpaired) electrons. The van der Waals surface area contributed by atoms with Crippen molar-refractivity contribution in [2.45, 2.75) is 64.1 Å².